The fourth-order valence-electron chi connectivity index (χ4n) is 2.56. The van der Waals surface area contributed by atoms with Crippen molar-refractivity contribution in [1.82, 2.24) is 9.88 Å². The first kappa shape index (κ1) is 15.6. The average Bonchev–Trinajstić information content (AvgIpc) is 3.08. The maximum atomic E-state index is 12.6. The Morgan fingerprint density at radius 1 is 1.22 bits per heavy atom. The summed E-state index contributed by atoms with van der Waals surface area (Å²) in [6.45, 7) is 1.12. The smallest absolute Gasteiger partial charge is 0.370 e. The molecule has 1 atom stereocenters. The fraction of sp³-hybridized carbons (Fsp3) is 0.312. The lowest BCUT2D eigenvalue weighted by atomic mass is 10.0. The molecule has 2 aromatic rings. The molecule has 1 saturated heterocycles. The van der Waals surface area contributed by atoms with Gasteiger partial charge in [-0.1, -0.05) is 12.1 Å². The third-order valence-electron chi connectivity index (χ3n) is 3.81. The van der Waals surface area contributed by atoms with Gasteiger partial charge in [-0.05, 0) is 23.8 Å². The van der Waals surface area contributed by atoms with Gasteiger partial charge in [-0.3, -0.25) is 4.79 Å². The highest BCUT2D eigenvalue weighted by Gasteiger charge is 2.31. The molecule has 122 valence electrons. The third kappa shape index (κ3) is 3.39. The molecule has 1 aliphatic heterocycles. The molecule has 0 saturated carbocycles. The summed E-state index contributed by atoms with van der Waals surface area (Å²) in [4.78, 5) is 16.8. The fourth-order valence-corrected chi connectivity index (χ4v) is 2.56. The van der Waals surface area contributed by atoms with Gasteiger partial charge in [-0.2, -0.15) is 13.2 Å². The molecule has 0 bridgehead atoms. The number of nitrogens with one attached hydrogen (secondary N) is 1. The van der Waals surface area contributed by atoms with E-state index in [0.29, 0.717) is 30.8 Å². The first-order valence-corrected chi connectivity index (χ1v) is 7.16. The largest absolute Gasteiger partial charge is 0.416 e. The molecule has 23 heavy (non-hydrogen) atoms. The maximum absolute atomic E-state index is 12.6. The van der Waals surface area contributed by atoms with E-state index in [-0.39, 0.29) is 5.91 Å². The number of nitrogens with zero attached hydrogens (tertiary/aromatic N) is 1. The molecule has 1 aliphatic rings. The van der Waals surface area contributed by atoms with Crippen molar-refractivity contribution in [3.05, 3.63) is 59.4 Å². The molecule has 0 aliphatic carbocycles. The highest BCUT2D eigenvalue weighted by atomic mass is 19.4. The molecule has 0 unspecified atom stereocenters. The van der Waals surface area contributed by atoms with Crippen LogP contribution in [0.25, 0.3) is 0 Å². The molecule has 3 rings (SSSR count). The molecular weight excluding hydrogens is 309 g/mol. The second-order valence-electron chi connectivity index (χ2n) is 5.33. The number of ether oxygens (including phenoxy) is 1. The lowest BCUT2D eigenvalue weighted by molar-refractivity contribution is -0.137. The molecule has 2 heterocycles. The van der Waals surface area contributed by atoms with Crippen molar-refractivity contribution >= 4 is 5.91 Å². The van der Waals surface area contributed by atoms with E-state index in [2.05, 4.69) is 4.98 Å². The third-order valence-corrected chi connectivity index (χ3v) is 3.81. The molecule has 4 nitrogen and oxygen atoms in total. The van der Waals surface area contributed by atoms with Crippen molar-refractivity contribution in [2.24, 2.45) is 0 Å². The Bertz CT molecular complexity index is 666. The molecule has 1 aromatic heterocycles. The van der Waals surface area contributed by atoms with Crippen molar-refractivity contribution < 1.29 is 22.7 Å². The zero-order valence-electron chi connectivity index (χ0n) is 12.1. The monoisotopic (exact) mass is 324 g/mol. The van der Waals surface area contributed by atoms with Crippen LogP contribution in [0.2, 0.25) is 0 Å². The van der Waals surface area contributed by atoms with Crippen LogP contribution >= 0.6 is 0 Å². The van der Waals surface area contributed by atoms with Crippen LogP contribution in [0, 0.1) is 0 Å². The van der Waals surface area contributed by atoms with Crippen molar-refractivity contribution in [3.63, 3.8) is 0 Å². The van der Waals surface area contributed by atoms with Gasteiger partial charge >= 0.3 is 6.18 Å². The lowest BCUT2D eigenvalue weighted by Crippen LogP contribution is -2.42. The van der Waals surface area contributed by atoms with Crippen LogP contribution in [0.1, 0.15) is 27.6 Å². The van der Waals surface area contributed by atoms with E-state index >= 15 is 0 Å². The molecule has 7 heteroatoms. The Labute approximate surface area is 130 Å². The van der Waals surface area contributed by atoms with E-state index in [4.69, 9.17) is 4.74 Å². The van der Waals surface area contributed by atoms with Crippen LogP contribution < -0.4 is 0 Å². The highest BCUT2D eigenvalue weighted by Crippen LogP contribution is 2.31. The number of hydrogen-bond acceptors (Lipinski definition) is 2. The van der Waals surface area contributed by atoms with E-state index in [1.54, 1.807) is 23.4 Å². The van der Waals surface area contributed by atoms with E-state index in [0.717, 1.165) is 12.1 Å². The van der Waals surface area contributed by atoms with Gasteiger partial charge in [-0.25, -0.2) is 0 Å². The summed E-state index contributed by atoms with van der Waals surface area (Å²) < 4.78 is 43.4. The Balaban J connectivity index is 1.72. The number of carbonyl (C=O) groups is 1. The first-order chi connectivity index (χ1) is 10.9. The van der Waals surface area contributed by atoms with E-state index < -0.39 is 17.8 Å². The second-order valence-corrected chi connectivity index (χ2v) is 5.33. The zero-order chi connectivity index (χ0) is 16.4. The number of halogens is 3. The minimum Gasteiger partial charge on any atom is -0.370 e. The summed E-state index contributed by atoms with van der Waals surface area (Å²) in [5.74, 6) is -0.119. The first-order valence-electron chi connectivity index (χ1n) is 7.16. The average molecular weight is 324 g/mol. The summed E-state index contributed by atoms with van der Waals surface area (Å²) in [7, 11) is 0. The number of H-pyrrole nitrogens is 1. The Kier molecular flexibility index (Phi) is 4.12. The van der Waals surface area contributed by atoms with Crippen molar-refractivity contribution in [3.8, 4) is 0 Å². The normalized spacial score (nSPS) is 18.9. The standard InChI is InChI=1S/C16H15F3N2O2/c17-16(18,19)13-3-1-11(2-4-13)14-10-21(7-8-23-14)15(22)12-5-6-20-9-12/h1-6,9,14,20H,7-8,10H2/t14-/m1/s1. The minimum absolute atomic E-state index is 0.119. The van der Waals surface area contributed by atoms with Gasteiger partial charge in [0.1, 0.15) is 6.10 Å². The number of aromatic amines is 1. The molecule has 0 spiro atoms. The van der Waals surface area contributed by atoms with Gasteiger partial charge in [0, 0.05) is 18.9 Å². The highest BCUT2D eigenvalue weighted by molar-refractivity contribution is 5.94. The number of hydrogen-bond donors (Lipinski definition) is 1. The van der Waals surface area contributed by atoms with Gasteiger partial charge in [-0.15, -0.1) is 0 Å². The van der Waals surface area contributed by atoms with E-state index in [1.165, 1.54) is 12.1 Å². The summed E-state index contributed by atoms with van der Waals surface area (Å²) in [5, 5.41) is 0. The zero-order valence-corrected chi connectivity index (χ0v) is 12.1. The molecule has 0 radical (unpaired) electrons. The van der Waals surface area contributed by atoms with Crippen LogP contribution in [-0.2, 0) is 10.9 Å². The summed E-state index contributed by atoms with van der Waals surface area (Å²) in [5.41, 5.74) is 0.486. The Hall–Kier alpha value is -2.28. The molecular formula is C16H15F3N2O2. The maximum Gasteiger partial charge on any atom is 0.416 e. The predicted octanol–water partition coefficient (Wildman–Crippen LogP) is 3.25. The van der Waals surface area contributed by atoms with Crippen molar-refractivity contribution in [1.29, 1.82) is 0 Å². The summed E-state index contributed by atoms with van der Waals surface area (Å²) in [6, 6.07) is 6.55. The number of amides is 1. The number of morpholine rings is 1. The van der Waals surface area contributed by atoms with Crippen molar-refractivity contribution in [2.75, 3.05) is 19.7 Å². The van der Waals surface area contributed by atoms with E-state index in [1.807, 2.05) is 0 Å². The van der Waals surface area contributed by atoms with E-state index in [9.17, 15) is 18.0 Å². The number of aromatic nitrogens is 1. The molecule has 1 N–H and O–H groups in total. The molecule has 1 amide bonds. The minimum atomic E-state index is -4.36. The van der Waals surface area contributed by atoms with Gasteiger partial charge in [0.05, 0.1) is 24.3 Å². The SMILES string of the molecule is O=C(c1cc[nH]c1)N1CCO[C@@H](c2ccc(C(F)(F)F)cc2)C1. The van der Waals surface area contributed by atoms with Crippen LogP contribution in [0.3, 0.4) is 0 Å². The molecule has 1 aromatic carbocycles. The summed E-state index contributed by atoms with van der Waals surface area (Å²) >= 11 is 0. The van der Waals surface area contributed by atoms with Gasteiger partial charge in [0.15, 0.2) is 0 Å². The number of rotatable bonds is 2. The Morgan fingerprint density at radius 3 is 2.57 bits per heavy atom. The Morgan fingerprint density at radius 2 is 1.96 bits per heavy atom. The van der Waals surface area contributed by atoms with Gasteiger partial charge in [0.2, 0.25) is 0 Å². The molecule has 1 fully saturated rings. The van der Waals surface area contributed by atoms with Crippen LogP contribution in [0.5, 0.6) is 0 Å². The van der Waals surface area contributed by atoms with Gasteiger partial charge < -0.3 is 14.6 Å². The number of carbonyl (C=O) groups excluding carboxylic acids is 1. The lowest BCUT2D eigenvalue weighted by Gasteiger charge is -2.33. The number of benzene rings is 1. The summed E-state index contributed by atoms with van der Waals surface area (Å²) in [6.07, 6.45) is -1.50. The van der Waals surface area contributed by atoms with Crippen LogP contribution in [-0.4, -0.2) is 35.5 Å². The van der Waals surface area contributed by atoms with Crippen molar-refractivity contribution in [2.45, 2.75) is 12.3 Å². The quantitative estimate of drug-likeness (QED) is 0.922. The van der Waals surface area contributed by atoms with Crippen LogP contribution in [0.4, 0.5) is 13.2 Å². The number of alkyl halides is 3. The second kappa shape index (κ2) is 6.08. The topological polar surface area (TPSA) is 45.3 Å². The van der Waals surface area contributed by atoms with Crippen LogP contribution in [0.15, 0.2) is 42.7 Å². The predicted molar refractivity (Wildman–Crippen MR) is 76.8 cm³/mol. The van der Waals surface area contributed by atoms with Gasteiger partial charge in [0.25, 0.3) is 5.91 Å².